The predicted octanol–water partition coefficient (Wildman–Crippen LogP) is 4.86. The number of rotatable bonds is 6. The van der Waals surface area contributed by atoms with E-state index in [0.29, 0.717) is 22.5 Å². The van der Waals surface area contributed by atoms with Crippen molar-refractivity contribution in [3.8, 4) is 5.75 Å². The molecule has 0 saturated carbocycles. The third-order valence-electron chi connectivity index (χ3n) is 5.45. The molecular weight excluding hydrogens is 445 g/mol. The Labute approximate surface area is 193 Å². The molecule has 0 bridgehead atoms. The summed E-state index contributed by atoms with van der Waals surface area (Å²) >= 11 is 6.37. The number of likely N-dealkylation sites (N-methyl/N-ethyl adjacent to an activating group) is 1. The number of ether oxygens (including phenoxy) is 1. The molecule has 32 heavy (non-hydrogen) atoms. The lowest BCUT2D eigenvalue weighted by Crippen LogP contribution is -2.26. The molecule has 9 heteroatoms. The van der Waals surface area contributed by atoms with E-state index in [-0.39, 0.29) is 0 Å². The first kappa shape index (κ1) is 22.6. The maximum absolute atomic E-state index is 12.7. The lowest BCUT2D eigenvalue weighted by molar-refractivity contribution is 0.312. The van der Waals surface area contributed by atoms with Crippen molar-refractivity contribution >= 4 is 47.2 Å². The highest BCUT2D eigenvalue weighted by Crippen LogP contribution is 2.39. The second-order valence-electron chi connectivity index (χ2n) is 8.32. The fourth-order valence-electron chi connectivity index (χ4n) is 3.81. The van der Waals surface area contributed by atoms with Gasteiger partial charge in [-0.05, 0) is 62.2 Å². The molecule has 7 nitrogen and oxygen atoms in total. The van der Waals surface area contributed by atoms with Crippen LogP contribution in [0.2, 0.25) is 5.02 Å². The summed E-state index contributed by atoms with van der Waals surface area (Å²) in [5.41, 5.74) is 4.05. The molecule has 0 aliphatic carbocycles. The number of methoxy groups -OCH3 is 1. The molecule has 0 amide bonds. The van der Waals surface area contributed by atoms with E-state index in [1.54, 1.807) is 20.4 Å². The highest BCUT2D eigenvalue weighted by atomic mass is 35.5. The third kappa shape index (κ3) is 4.90. The van der Waals surface area contributed by atoms with Crippen LogP contribution in [0.3, 0.4) is 0 Å². The second-order valence-corrected chi connectivity index (χ2v) is 11.9. The molecule has 0 spiro atoms. The maximum Gasteiger partial charge on any atom is 0.229 e. The Balaban J connectivity index is 1.65. The van der Waals surface area contributed by atoms with Crippen LogP contribution in [0.1, 0.15) is 11.1 Å². The number of anilines is 4. The van der Waals surface area contributed by atoms with Gasteiger partial charge >= 0.3 is 0 Å². The number of benzene rings is 2. The summed E-state index contributed by atoms with van der Waals surface area (Å²) in [6, 6.07) is 11.6. The minimum atomic E-state index is -2.49. The first-order valence-electron chi connectivity index (χ1n) is 10.3. The molecule has 0 unspecified atom stereocenters. The molecule has 1 aliphatic heterocycles. The molecule has 2 heterocycles. The first-order chi connectivity index (χ1) is 15.2. The minimum Gasteiger partial charge on any atom is -0.495 e. The zero-order valence-electron chi connectivity index (χ0n) is 18.6. The van der Waals surface area contributed by atoms with Gasteiger partial charge in [-0.25, -0.2) is 4.98 Å². The van der Waals surface area contributed by atoms with Gasteiger partial charge in [0, 0.05) is 18.4 Å². The molecule has 3 aromatic rings. The van der Waals surface area contributed by atoms with Gasteiger partial charge in [-0.3, -0.25) is 0 Å². The number of nitrogens with one attached hydrogen (secondary N) is 2. The molecule has 4 rings (SSSR count). The SMILES string of the molecule is COc1cc2c(cc1Nc1ncc(Cl)c(Nc3ccccc3P(C)(C)=O)n1)CN(C)CC2. The zero-order chi connectivity index (χ0) is 22.9. The van der Waals surface area contributed by atoms with Gasteiger partial charge in [0.1, 0.15) is 17.9 Å². The summed E-state index contributed by atoms with van der Waals surface area (Å²) in [6.07, 6.45) is 2.53. The first-order valence-corrected chi connectivity index (χ1v) is 13.3. The molecule has 2 N–H and O–H groups in total. The molecular formula is C23H27ClN5O2P. The average molecular weight is 472 g/mol. The van der Waals surface area contributed by atoms with E-state index in [0.717, 1.165) is 36.3 Å². The van der Waals surface area contributed by atoms with Crippen LogP contribution in [-0.2, 0) is 17.5 Å². The van der Waals surface area contributed by atoms with E-state index < -0.39 is 7.14 Å². The van der Waals surface area contributed by atoms with Crippen LogP contribution in [0.25, 0.3) is 0 Å². The Morgan fingerprint density at radius 2 is 1.91 bits per heavy atom. The lowest BCUT2D eigenvalue weighted by atomic mass is 9.99. The van der Waals surface area contributed by atoms with E-state index >= 15 is 0 Å². The molecule has 0 saturated heterocycles. The monoisotopic (exact) mass is 471 g/mol. The van der Waals surface area contributed by atoms with E-state index in [2.05, 4.69) is 44.7 Å². The molecule has 2 aromatic carbocycles. The fraction of sp³-hybridized carbons (Fsp3) is 0.304. The number of aromatic nitrogens is 2. The van der Waals surface area contributed by atoms with Crippen molar-refractivity contribution in [3.05, 3.63) is 58.7 Å². The van der Waals surface area contributed by atoms with E-state index in [1.807, 2.05) is 24.3 Å². The summed E-state index contributed by atoms with van der Waals surface area (Å²) < 4.78 is 18.3. The van der Waals surface area contributed by atoms with Crippen LogP contribution in [0.4, 0.5) is 23.1 Å². The zero-order valence-corrected chi connectivity index (χ0v) is 20.3. The number of halogens is 1. The van der Waals surface area contributed by atoms with Crippen LogP contribution in [-0.4, -0.2) is 48.9 Å². The number of fused-ring (bicyclic) bond motifs is 1. The Hall–Kier alpha value is -2.60. The quantitative estimate of drug-likeness (QED) is 0.497. The molecule has 1 aromatic heterocycles. The van der Waals surface area contributed by atoms with Crippen molar-refractivity contribution in [2.24, 2.45) is 0 Å². The highest BCUT2D eigenvalue weighted by Gasteiger charge is 2.19. The fourth-order valence-corrected chi connectivity index (χ4v) is 5.10. The predicted molar refractivity (Wildman–Crippen MR) is 132 cm³/mol. The number of nitrogens with zero attached hydrogens (tertiary/aromatic N) is 3. The summed E-state index contributed by atoms with van der Waals surface area (Å²) in [7, 11) is 1.28. The van der Waals surface area contributed by atoms with Crippen molar-refractivity contribution < 1.29 is 9.30 Å². The van der Waals surface area contributed by atoms with Crippen molar-refractivity contribution in [2.45, 2.75) is 13.0 Å². The van der Waals surface area contributed by atoms with Crippen molar-refractivity contribution in [1.29, 1.82) is 0 Å². The Morgan fingerprint density at radius 3 is 2.66 bits per heavy atom. The topological polar surface area (TPSA) is 79.4 Å². The smallest absolute Gasteiger partial charge is 0.229 e. The van der Waals surface area contributed by atoms with Gasteiger partial charge in [-0.1, -0.05) is 23.7 Å². The normalized spacial score (nSPS) is 14.0. The molecule has 1 aliphatic rings. The van der Waals surface area contributed by atoms with Gasteiger partial charge in [0.2, 0.25) is 5.95 Å². The summed E-state index contributed by atoms with van der Waals surface area (Å²) in [5.74, 6) is 1.55. The van der Waals surface area contributed by atoms with Gasteiger partial charge in [0.25, 0.3) is 0 Å². The van der Waals surface area contributed by atoms with Gasteiger partial charge < -0.3 is 24.8 Å². The summed E-state index contributed by atoms with van der Waals surface area (Å²) in [6.45, 7) is 5.39. The molecule has 0 atom stereocenters. The second kappa shape index (κ2) is 9.10. The number of hydrogen-bond donors (Lipinski definition) is 2. The summed E-state index contributed by atoms with van der Waals surface area (Å²) in [4.78, 5) is 11.2. The standard InChI is InChI=1S/C23H27ClN5O2P/c1-29-10-9-15-12-20(31-2)19(11-16(15)14-29)27-23-25-13-17(24)22(28-23)26-18-7-5-6-8-21(18)32(3,4)30/h5-8,11-13H,9-10,14H2,1-4H3,(H2,25,26,27,28). The number of para-hydroxylation sites is 1. The summed E-state index contributed by atoms with van der Waals surface area (Å²) in [5, 5.41) is 7.60. The van der Waals surface area contributed by atoms with Crippen molar-refractivity contribution in [1.82, 2.24) is 14.9 Å². The van der Waals surface area contributed by atoms with E-state index in [9.17, 15) is 4.57 Å². The van der Waals surface area contributed by atoms with Crippen LogP contribution >= 0.6 is 18.7 Å². The minimum absolute atomic E-state index is 0.367. The highest BCUT2D eigenvalue weighted by molar-refractivity contribution is 7.70. The maximum atomic E-state index is 12.7. The van der Waals surface area contributed by atoms with Crippen LogP contribution < -0.4 is 20.7 Å². The van der Waals surface area contributed by atoms with E-state index in [4.69, 9.17) is 16.3 Å². The molecule has 0 fully saturated rings. The molecule has 0 radical (unpaired) electrons. The molecule has 168 valence electrons. The van der Waals surface area contributed by atoms with Gasteiger partial charge in [-0.2, -0.15) is 4.98 Å². The van der Waals surface area contributed by atoms with Crippen molar-refractivity contribution in [3.63, 3.8) is 0 Å². The Bertz CT molecular complexity index is 1200. The van der Waals surface area contributed by atoms with Gasteiger partial charge in [0.15, 0.2) is 5.82 Å². The average Bonchev–Trinajstić information content (AvgIpc) is 2.75. The van der Waals surface area contributed by atoms with Crippen LogP contribution in [0.5, 0.6) is 5.75 Å². The van der Waals surface area contributed by atoms with Crippen LogP contribution in [0.15, 0.2) is 42.6 Å². The lowest BCUT2D eigenvalue weighted by Gasteiger charge is -2.26. The largest absolute Gasteiger partial charge is 0.495 e. The van der Waals surface area contributed by atoms with Gasteiger partial charge in [-0.15, -0.1) is 0 Å². The number of hydrogen-bond acceptors (Lipinski definition) is 7. The third-order valence-corrected chi connectivity index (χ3v) is 7.28. The van der Waals surface area contributed by atoms with E-state index in [1.165, 1.54) is 17.3 Å². The van der Waals surface area contributed by atoms with Crippen molar-refractivity contribution in [2.75, 3.05) is 44.7 Å². The Kier molecular flexibility index (Phi) is 6.42. The Morgan fingerprint density at radius 1 is 1.12 bits per heavy atom. The van der Waals surface area contributed by atoms with Crippen LogP contribution in [0, 0.1) is 0 Å². The van der Waals surface area contributed by atoms with Gasteiger partial charge in [0.05, 0.1) is 24.7 Å².